The third kappa shape index (κ3) is 5.65. The third-order valence-electron chi connectivity index (χ3n) is 0.937. The topological polar surface area (TPSA) is 63.3 Å². The molecule has 0 fully saturated rings. The lowest BCUT2D eigenvalue weighted by atomic mass is 10.2. The van der Waals surface area contributed by atoms with Crippen molar-refractivity contribution >= 4 is 18.6 Å². The van der Waals surface area contributed by atoms with Crippen molar-refractivity contribution in [3.63, 3.8) is 0 Å². The molecule has 0 bridgehead atoms. The van der Waals surface area contributed by atoms with Gasteiger partial charge < -0.3 is 10.8 Å². The van der Waals surface area contributed by atoms with Crippen LogP contribution in [-0.2, 0) is 4.79 Å². The average molecular weight is 149 g/mol. The van der Waals surface area contributed by atoms with Crippen molar-refractivity contribution in [3.05, 3.63) is 0 Å². The van der Waals surface area contributed by atoms with Gasteiger partial charge in [-0.05, 0) is 12.2 Å². The zero-order chi connectivity index (χ0) is 7.28. The molecule has 9 heavy (non-hydrogen) atoms. The Labute approximate surface area is 59.6 Å². The highest BCUT2D eigenvalue weighted by molar-refractivity contribution is 7.80. The molecule has 0 heterocycles. The maximum atomic E-state index is 9.98. The van der Waals surface area contributed by atoms with Crippen LogP contribution < -0.4 is 5.73 Å². The molecule has 3 N–H and O–H groups in total. The van der Waals surface area contributed by atoms with Gasteiger partial charge in [-0.25, -0.2) is 0 Å². The van der Waals surface area contributed by atoms with Crippen LogP contribution in [0.1, 0.15) is 12.8 Å². The summed E-state index contributed by atoms with van der Waals surface area (Å²) in [7, 11) is 0. The van der Waals surface area contributed by atoms with Crippen LogP contribution in [0.15, 0.2) is 0 Å². The molecule has 0 aliphatic heterocycles. The third-order valence-corrected chi connectivity index (χ3v) is 1.19. The highest BCUT2D eigenvalue weighted by Gasteiger charge is 2.05. The summed E-state index contributed by atoms with van der Waals surface area (Å²) in [4.78, 5) is 9.98. The van der Waals surface area contributed by atoms with E-state index in [9.17, 15) is 4.79 Å². The Morgan fingerprint density at radius 1 is 1.78 bits per heavy atom. The number of carboxylic acid groups (broad SMARTS) is 1. The number of thiol groups is 1. The summed E-state index contributed by atoms with van der Waals surface area (Å²) in [5, 5.41) is 8.21. The second kappa shape index (κ2) is 4.64. The van der Waals surface area contributed by atoms with Gasteiger partial charge in [0.2, 0.25) is 0 Å². The van der Waals surface area contributed by atoms with Crippen molar-refractivity contribution in [2.24, 2.45) is 5.73 Å². The Balaban J connectivity index is 3.26. The highest BCUT2D eigenvalue weighted by atomic mass is 32.1. The first-order chi connectivity index (χ1) is 4.16. The van der Waals surface area contributed by atoms with Crippen LogP contribution in [0.3, 0.4) is 0 Å². The van der Waals surface area contributed by atoms with E-state index in [2.05, 4.69) is 12.6 Å². The van der Waals surface area contributed by atoms with Crippen molar-refractivity contribution < 1.29 is 9.90 Å². The van der Waals surface area contributed by atoms with Crippen molar-refractivity contribution in [2.45, 2.75) is 18.9 Å². The fraction of sp³-hybridized carbons (Fsp3) is 0.800. The lowest BCUT2D eigenvalue weighted by molar-refractivity contribution is -0.137. The summed E-state index contributed by atoms with van der Waals surface area (Å²) in [6, 6.07) is -0.236. The normalized spacial score (nSPS) is 13.1. The average Bonchev–Trinajstić information content (AvgIpc) is 1.63. The summed E-state index contributed by atoms with van der Waals surface area (Å²) in [6.45, 7) is 0. The van der Waals surface area contributed by atoms with Gasteiger partial charge in [0.1, 0.15) is 0 Å². The number of hydrogen-bond acceptors (Lipinski definition) is 3. The lowest BCUT2D eigenvalue weighted by Gasteiger charge is -2.04. The van der Waals surface area contributed by atoms with Gasteiger partial charge in [-0.15, -0.1) is 0 Å². The molecule has 0 aromatic heterocycles. The second-order valence-corrected chi connectivity index (χ2v) is 2.32. The molecule has 0 aliphatic rings. The largest absolute Gasteiger partial charge is 0.481 e. The van der Waals surface area contributed by atoms with Crippen LogP contribution in [0.4, 0.5) is 0 Å². The van der Waals surface area contributed by atoms with E-state index in [1.807, 2.05) is 0 Å². The number of hydrogen-bond donors (Lipinski definition) is 3. The van der Waals surface area contributed by atoms with Gasteiger partial charge in [0.25, 0.3) is 0 Å². The summed E-state index contributed by atoms with van der Waals surface area (Å²) >= 11 is 3.91. The smallest absolute Gasteiger partial charge is 0.304 e. The van der Waals surface area contributed by atoms with Crippen molar-refractivity contribution in [2.75, 3.05) is 5.75 Å². The first-order valence-electron chi connectivity index (χ1n) is 2.75. The maximum absolute atomic E-state index is 9.98. The Morgan fingerprint density at radius 2 is 2.33 bits per heavy atom. The molecule has 0 spiro atoms. The van der Waals surface area contributed by atoms with E-state index >= 15 is 0 Å². The molecule has 0 saturated carbocycles. The molecular formula is C5H11NO2S. The van der Waals surface area contributed by atoms with Crippen LogP contribution >= 0.6 is 12.6 Å². The van der Waals surface area contributed by atoms with Crippen LogP contribution in [-0.4, -0.2) is 22.9 Å². The molecule has 0 radical (unpaired) electrons. The Bertz CT molecular complexity index is 97.0. The van der Waals surface area contributed by atoms with Crippen molar-refractivity contribution in [1.29, 1.82) is 0 Å². The summed E-state index contributed by atoms with van der Waals surface area (Å²) in [5.74, 6) is -0.196. The van der Waals surface area contributed by atoms with E-state index < -0.39 is 5.97 Å². The lowest BCUT2D eigenvalue weighted by Crippen LogP contribution is -2.23. The minimum atomic E-state index is -0.843. The van der Waals surface area contributed by atoms with Gasteiger partial charge in [-0.1, -0.05) is 0 Å². The van der Waals surface area contributed by atoms with Crippen molar-refractivity contribution in [1.82, 2.24) is 0 Å². The van der Waals surface area contributed by atoms with Gasteiger partial charge in [0.15, 0.2) is 0 Å². The van der Waals surface area contributed by atoms with Gasteiger partial charge in [-0.3, -0.25) is 4.79 Å². The predicted molar refractivity (Wildman–Crippen MR) is 38.7 cm³/mol. The van der Waals surface area contributed by atoms with E-state index in [0.29, 0.717) is 12.2 Å². The van der Waals surface area contributed by atoms with Crippen LogP contribution in [0.2, 0.25) is 0 Å². The first-order valence-corrected chi connectivity index (χ1v) is 3.38. The Morgan fingerprint density at radius 3 is 2.67 bits per heavy atom. The molecule has 0 rings (SSSR count). The number of carboxylic acids is 1. The fourth-order valence-corrected chi connectivity index (χ4v) is 0.824. The minimum absolute atomic E-state index is 0.0422. The minimum Gasteiger partial charge on any atom is -0.481 e. The van der Waals surface area contributed by atoms with Crippen molar-refractivity contribution in [3.8, 4) is 0 Å². The van der Waals surface area contributed by atoms with Gasteiger partial charge in [0.05, 0.1) is 6.42 Å². The highest BCUT2D eigenvalue weighted by Crippen LogP contribution is 1.95. The number of rotatable bonds is 4. The van der Waals surface area contributed by atoms with Crippen LogP contribution in [0.25, 0.3) is 0 Å². The standard InChI is InChI=1S/C5H11NO2S/c6-4(1-2-9)3-5(7)8/h4,9H,1-3,6H2,(H,7,8). The molecule has 3 nitrogen and oxygen atoms in total. The van der Waals surface area contributed by atoms with Gasteiger partial charge in [0, 0.05) is 6.04 Å². The molecule has 1 atom stereocenters. The monoisotopic (exact) mass is 149 g/mol. The van der Waals surface area contributed by atoms with Gasteiger partial charge >= 0.3 is 5.97 Å². The molecule has 0 aromatic rings. The number of nitrogens with two attached hydrogens (primary N) is 1. The molecule has 4 heteroatoms. The van der Waals surface area contributed by atoms with E-state index in [1.165, 1.54) is 0 Å². The summed E-state index contributed by atoms with van der Waals surface area (Å²) in [6.07, 6.45) is 0.704. The molecular weight excluding hydrogens is 138 g/mol. The first kappa shape index (κ1) is 8.78. The van der Waals surface area contributed by atoms with E-state index in [0.717, 1.165) is 0 Å². The molecule has 0 aromatic carbocycles. The molecule has 1 unspecified atom stereocenters. The number of aliphatic carboxylic acids is 1. The van der Waals surface area contributed by atoms with Crippen LogP contribution in [0.5, 0.6) is 0 Å². The molecule has 0 aliphatic carbocycles. The fourth-order valence-electron chi connectivity index (χ4n) is 0.492. The molecule has 0 saturated heterocycles. The van der Waals surface area contributed by atoms with Gasteiger partial charge in [-0.2, -0.15) is 12.6 Å². The zero-order valence-electron chi connectivity index (χ0n) is 5.08. The van der Waals surface area contributed by atoms with E-state index in [-0.39, 0.29) is 12.5 Å². The Hall–Kier alpha value is -0.220. The Kier molecular flexibility index (Phi) is 4.53. The molecule has 0 amide bonds. The van der Waals surface area contributed by atoms with Crippen LogP contribution in [0, 0.1) is 0 Å². The quantitative estimate of drug-likeness (QED) is 0.497. The SMILES string of the molecule is NC(CCS)CC(=O)O. The second-order valence-electron chi connectivity index (χ2n) is 1.87. The van der Waals surface area contributed by atoms with E-state index in [4.69, 9.17) is 10.8 Å². The molecule has 54 valence electrons. The summed E-state index contributed by atoms with van der Waals surface area (Å²) in [5.41, 5.74) is 5.36. The zero-order valence-corrected chi connectivity index (χ0v) is 5.97. The van der Waals surface area contributed by atoms with E-state index in [1.54, 1.807) is 0 Å². The maximum Gasteiger partial charge on any atom is 0.304 e. The predicted octanol–water partition coefficient (Wildman–Crippen LogP) is 0.108. The number of carbonyl (C=O) groups is 1. The summed E-state index contributed by atoms with van der Waals surface area (Å²) < 4.78 is 0.